The zero-order valence-corrected chi connectivity index (χ0v) is 14.8. The highest BCUT2D eigenvalue weighted by Gasteiger charge is 2.16. The Labute approximate surface area is 154 Å². The molecule has 3 rings (SSSR count). The predicted octanol–water partition coefficient (Wildman–Crippen LogP) is 1.82. The highest BCUT2D eigenvalue weighted by molar-refractivity contribution is 5.98. The van der Waals surface area contributed by atoms with Crippen molar-refractivity contribution in [2.24, 2.45) is 0 Å². The van der Waals surface area contributed by atoms with Crippen LogP contribution in [0.1, 0.15) is 24.2 Å². The number of hydrazine groups is 1. The van der Waals surface area contributed by atoms with Gasteiger partial charge in [0.2, 0.25) is 0 Å². The standard InChI is InChI=1S/C18H18FN5O3/c1-3-24-16-9-4-12(10-15(16)20-23-24)18(26)22-21-17(25)11(2)27-14-7-5-13(19)6-8-14/h4-11H,3H2,1-2H3,(H,21,25)(H,22,26). The van der Waals surface area contributed by atoms with Crippen LogP contribution in [0.3, 0.4) is 0 Å². The molecule has 9 heteroatoms. The Morgan fingerprint density at radius 2 is 1.93 bits per heavy atom. The molecule has 0 radical (unpaired) electrons. The molecule has 0 aliphatic carbocycles. The molecule has 0 bridgehead atoms. The summed E-state index contributed by atoms with van der Waals surface area (Å²) in [4.78, 5) is 24.3. The number of amides is 2. The Bertz CT molecular complexity index is 971. The summed E-state index contributed by atoms with van der Waals surface area (Å²) in [5, 5.41) is 7.99. The molecule has 0 aliphatic heterocycles. The first-order chi connectivity index (χ1) is 13.0. The number of hydrogen-bond acceptors (Lipinski definition) is 5. The van der Waals surface area contributed by atoms with Crippen molar-refractivity contribution in [2.75, 3.05) is 0 Å². The monoisotopic (exact) mass is 371 g/mol. The molecule has 27 heavy (non-hydrogen) atoms. The molecule has 2 N–H and O–H groups in total. The van der Waals surface area contributed by atoms with Crippen molar-refractivity contribution < 1.29 is 18.7 Å². The number of rotatable bonds is 5. The molecule has 1 heterocycles. The van der Waals surface area contributed by atoms with Gasteiger partial charge in [0.1, 0.15) is 17.1 Å². The van der Waals surface area contributed by atoms with Gasteiger partial charge in [-0.15, -0.1) is 5.10 Å². The number of carbonyl (C=O) groups is 2. The summed E-state index contributed by atoms with van der Waals surface area (Å²) >= 11 is 0. The molecule has 0 spiro atoms. The van der Waals surface area contributed by atoms with E-state index in [9.17, 15) is 14.0 Å². The Kier molecular flexibility index (Phi) is 5.30. The second kappa shape index (κ2) is 7.81. The van der Waals surface area contributed by atoms with Crippen LogP contribution in [0.2, 0.25) is 0 Å². The van der Waals surface area contributed by atoms with Gasteiger partial charge < -0.3 is 4.74 Å². The largest absolute Gasteiger partial charge is 0.481 e. The van der Waals surface area contributed by atoms with Crippen LogP contribution in [0.5, 0.6) is 5.75 Å². The van der Waals surface area contributed by atoms with Gasteiger partial charge >= 0.3 is 0 Å². The highest BCUT2D eigenvalue weighted by Crippen LogP contribution is 2.14. The average molecular weight is 371 g/mol. The molecule has 1 atom stereocenters. The summed E-state index contributed by atoms with van der Waals surface area (Å²) in [6.45, 7) is 4.13. The summed E-state index contributed by atoms with van der Waals surface area (Å²) in [7, 11) is 0. The molecular weight excluding hydrogens is 353 g/mol. The van der Waals surface area contributed by atoms with E-state index in [0.29, 0.717) is 23.4 Å². The lowest BCUT2D eigenvalue weighted by atomic mass is 10.2. The fourth-order valence-electron chi connectivity index (χ4n) is 2.41. The van der Waals surface area contributed by atoms with Crippen LogP contribution in [0, 0.1) is 5.82 Å². The van der Waals surface area contributed by atoms with Gasteiger partial charge in [0.25, 0.3) is 11.8 Å². The van der Waals surface area contributed by atoms with Gasteiger partial charge in [-0.2, -0.15) is 0 Å². The maximum atomic E-state index is 12.9. The minimum absolute atomic E-state index is 0.332. The van der Waals surface area contributed by atoms with Crippen molar-refractivity contribution in [3.05, 3.63) is 53.8 Å². The zero-order chi connectivity index (χ0) is 19.4. The molecule has 140 valence electrons. The second-order valence-corrected chi connectivity index (χ2v) is 5.77. The van der Waals surface area contributed by atoms with Gasteiger partial charge in [0.05, 0.1) is 5.52 Å². The van der Waals surface area contributed by atoms with Gasteiger partial charge in [-0.1, -0.05) is 5.21 Å². The van der Waals surface area contributed by atoms with Crippen molar-refractivity contribution in [3.63, 3.8) is 0 Å². The number of fused-ring (bicyclic) bond motifs is 1. The first kappa shape index (κ1) is 18.3. The molecule has 2 amide bonds. The maximum absolute atomic E-state index is 12.9. The van der Waals surface area contributed by atoms with Gasteiger partial charge in [-0.05, 0) is 56.3 Å². The lowest BCUT2D eigenvalue weighted by molar-refractivity contribution is -0.128. The van der Waals surface area contributed by atoms with E-state index in [1.807, 2.05) is 6.92 Å². The second-order valence-electron chi connectivity index (χ2n) is 5.77. The van der Waals surface area contributed by atoms with Crippen LogP contribution >= 0.6 is 0 Å². The van der Waals surface area contributed by atoms with Gasteiger partial charge in [0.15, 0.2) is 6.10 Å². The van der Waals surface area contributed by atoms with Crippen molar-refractivity contribution in [3.8, 4) is 5.75 Å². The van der Waals surface area contributed by atoms with Gasteiger partial charge in [-0.3, -0.25) is 20.4 Å². The van der Waals surface area contributed by atoms with Crippen molar-refractivity contribution in [2.45, 2.75) is 26.5 Å². The summed E-state index contributed by atoms with van der Waals surface area (Å²) in [5.41, 5.74) is 6.36. The van der Waals surface area contributed by atoms with E-state index >= 15 is 0 Å². The van der Waals surface area contributed by atoms with Crippen LogP contribution in [0.15, 0.2) is 42.5 Å². The van der Waals surface area contributed by atoms with E-state index in [4.69, 9.17) is 4.74 Å². The summed E-state index contributed by atoms with van der Waals surface area (Å²) in [6.07, 6.45) is -0.886. The zero-order valence-electron chi connectivity index (χ0n) is 14.8. The van der Waals surface area contributed by atoms with E-state index in [0.717, 1.165) is 5.52 Å². The van der Waals surface area contributed by atoms with Gasteiger partial charge in [0, 0.05) is 12.1 Å². The molecule has 2 aromatic carbocycles. The molecule has 0 fully saturated rings. The third kappa shape index (κ3) is 4.20. The number of nitrogens with one attached hydrogen (secondary N) is 2. The number of carbonyl (C=O) groups excluding carboxylic acids is 2. The molecule has 3 aromatic rings. The lowest BCUT2D eigenvalue weighted by Gasteiger charge is -2.15. The number of nitrogens with zero attached hydrogens (tertiary/aromatic N) is 3. The van der Waals surface area contributed by atoms with E-state index in [2.05, 4.69) is 21.2 Å². The molecule has 0 saturated carbocycles. The van der Waals surface area contributed by atoms with E-state index in [1.165, 1.54) is 31.2 Å². The number of aryl methyl sites for hydroxylation is 1. The van der Waals surface area contributed by atoms with E-state index in [1.54, 1.807) is 22.9 Å². The van der Waals surface area contributed by atoms with Crippen molar-refractivity contribution in [1.29, 1.82) is 0 Å². The SMILES string of the molecule is CCn1nnc2cc(C(=O)NNC(=O)C(C)Oc3ccc(F)cc3)ccc21. The fourth-order valence-corrected chi connectivity index (χ4v) is 2.41. The number of hydrogen-bond donors (Lipinski definition) is 2. The quantitative estimate of drug-likeness (QED) is 0.667. The Balaban J connectivity index is 1.57. The molecule has 8 nitrogen and oxygen atoms in total. The first-order valence-electron chi connectivity index (χ1n) is 8.33. The summed E-state index contributed by atoms with van der Waals surface area (Å²) < 4.78 is 20.0. The van der Waals surface area contributed by atoms with Crippen LogP contribution in [0.25, 0.3) is 11.0 Å². The average Bonchev–Trinajstić information content (AvgIpc) is 3.09. The first-order valence-corrected chi connectivity index (χ1v) is 8.33. The molecular formula is C18H18FN5O3. The summed E-state index contributed by atoms with van der Waals surface area (Å²) in [6, 6.07) is 10.2. The molecule has 0 saturated heterocycles. The number of halogens is 1. The summed E-state index contributed by atoms with van der Waals surface area (Å²) in [5.74, 6) is -1.10. The third-order valence-electron chi connectivity index (χ3n) is 3.87. The van der Waals surface area contributed by atoms with E-state index in [-0.39, 0.29) is 0 Å². The van der Waals surface area contributed by atoms with Crippen molar-refractivity contribution >= 4 is 22.8 Å². The third-order valence-corrected chi connectivity index (χ3v) is 3.87. The topological polar surface area (TPSA) is 98.1 Å². The van der Waals surface area contributed by atoms with E-state index < -0.39 is 23.7 Å². The molecule has 1 aromatic heterocycles. The van der Waals surface area contributed by atoms with Gasteiger partial charge in [-0.25, -0.2) is 9.07 Å². The minimum atomic E-state index is -0.886. The van der Waals surface area contributed by atoms with Crippen LogP contribution in [0.4, 0.5) is 4.39 Å². The van der Waals surface area contributed by atoms with Crippen LogP contribution in [-0.4, -0.2) is 32.9 Å². The number of aromatic nitrogens is 3. The smallest absolute Gasteiger partial charge is 0.279 e. The maximum Gasteiger partial charge on any atom is 0.279 e. The Hall–Kier alpha value is -3.49. The fraction of sp³-hybridized carbons (Fsp3) is 0.222. The van der Waals surface area contributed by atoms with Crippen molar-refractivity contribution in [1.82, 2.24) is 25.8 Å². The predicted molar refractivity (Wildman–Crippen MR) is 95.3 cm³/mol. The number of ether oxygens (including phenoxy) is 1. The molecule has 1 unspecified atom stereocenters. The Morgan fingerprint density at radius 1 is 1.19 bits per heavy atom. The van der Waals surface area contributed by atoms with Crippen LogP contribution < -0.4 is 15.6 Å². The normalized spacial score (nSPS) is 11.8. The lowest BCUT2D eigenvalue weighted by Crippen LogP contribution is -2.47. The highest BCUT2D eigenvalue weighted by atomic mass is 19.1. The Morgan fingerprint density at radius 3 is 2.63 bits per heavy atom. The molecule has 0 aliphatic rings. The minimum Gasteiger partial charge on any atom is -0.481 e. The number of benzene rings is 2. The van der Waals surface area contributed by atoms with Crippen LogP contribution in [-0.2, 0) is 11.3 Å².